The Balaban J connectivity index is 1.01. The van der Waals surface area contributed by atoms with Gasteiger partial charge in [0.25, 0.3) is 20.0 Å². The fraction of sp³-hybridized carbons (Fsp3) is 0.561. The van der Waals surface area contributed by atoms with E-state index in [2.05, 4.69) is 49.0 Å². The third-order valence-corrected chi connectivity index (χ3v) is 17.6. The van der Waals surface area contributed by atoms with E-state index in [4.69, 9.17) is 16.6 Å². The molecule has 4 N–H and O–H groups in total. The van der Waals surface area contributed by atoms with Gasteiger partial charge in [-0.05, 0) is 121 Å². The second-order valence-electron chi connectivity index (χ2n) is 16.9. The predicted octanol–water partition coefficient (Wildman–Crippen LogP) is 9.21. The Kier molecular flexibility index (Phi) is 13.0. The maximum Gasteiger partial charge on any atom is 0.266 e. The second-order valence-corrected chi connectivity index (χ2v) is 22.4. The number of benzene rings is 2. The van der Waals surface area contributed by atoms with Crippen LogP contribution in [-0.2, 0) is 20.0 Å². The summed E-state index contributed by atoms with van der Waals surface area (Å²) < 4.78 is 90.8. The van der Waals surface area contributed by atoms with E-state index in [1.807, 2.05) is 5.38 Å². The number of likely N-dealkylation sites (N-methyl/N-ethyl adjacent to an activating group) is 1. The quantitative estimate of drug-likeness (QED) is 0.0965. The summed E-state index contributed by atoms with van der Waals surface area (Å²) in [6.45, 7) is 3.44. The minimum atomic E-state index is -4.33. The van der Waals surface area contributed by atoms with Crippen molar-refractivity contribution in [1.29, 1.82) is 0 Å². The largest absolute Gasteiger partial charge is 0.380 e. The van der Waals surface area contributed by atoms with Crippen molar-refractivity contribution in [2.75, 3.05) is 47.3 Å². The molecule has 2 aromatic carbocycles. The number of thiazole rings is 2. The lowest BCUT2D eigenvalue weighted by molar-refractivity contribution is 0.151. The number of sulfonamides is 2. The molecule has 3 heterocycles. The highest BCUT2D eigenvalue weighted by atomic mass is 35.5. The molecule has 5 atom stereocenters. The summed E-state index contributed by atoms with van der Waals surface area (Å²) in [5, 5.41) is 11.0. The first-order chi connectivity index (χ1) is 28.7. The molecule has 19 heteroatoms. The van der Waals surface area contributed by atoms with Gasteiger partial charge in [0, 0.05) is 46.5 Å². The molecule has 0 spiro atoms. The maximum absolute atomic E-state index is 16.0. The smallest absolute Gasteiger partial charge is 0.266 e. The Bertz CT molecular complexity index is 2410. The number of aryl methyl sites for hydroxylation is 1. The number of nitrogens with one attached hydrogen (secondary N) is 4. The normalized spacial score (nSPS) is 24.4. The monoisotopic (exact) mass is 922 g/mol. The lowest BCUT2D eigenvalue weighted by atomic mass is 9.78. The Hall–Kier alpha value is -3.13. The predicted molar refractivity (Wildman–Crippen MR) is 237 cm³/mol. The molecular formula is C41H53ClF2N8O4S4. The molecule has 12 nitrogen and oxygen atoms in total. The molecule has 4 aliphatic rings. The highest BCUT2D eigenvalue weighted by Crippen LogP contribution is 2.44. The van der Waals surface area contributed by atoms with Crippen LogP contribution in [0.1, 0.15) is 106 Å². The minimum absolute atomic E-state index is 0.0583. The summed E-state index contributed by atoms with van der Waals surface area (Å²) in [6.07, 6.45) is 11.6. The standard InChI is InChI=1S/C41H53ClF2N8O4S4/c1-24-22-57-40(45-24)49-60(55,56)38-19-28(42)34(21-30(38)44)47-32-14-9-12-26(39(32)52-16-6-7-17-52)35-23-58-41(48-35)50-59(53,54)37-18-27(25-10-8-11-25)33(20-29(37)43)46-31-13-4-5-15-36(31)51(2)3/h18-23,25-26,31-32,36,39,46-47H,4-17H2,1-3H3,(H,45,49)(H,48,50)/t26?,31-,32-,36-,39-/m0/s1. The summed E-state index contributed by atoms with van der Waals surface area (Å²) in [5.41, 5.74) is 3.17. The van der Waals surface area contributed by atoms with E-state index < -0.39 is 36.6 Å². The third-order valence-electron chi connectivity index (χ3n) is 12.7. The molecule has 4 fully saturated rings. The van der Waals surface area contributed by atoms with Crippen molar-refractivity contribution in [3.8, 4) is 0 Å². The number of nitrogens with zero attached hydrogens (tertiary/aromatic N) is 4. The molecule has 3 saturated carbocycles. The lowest BCUT2D eigenvalue weighted by Gasteiger charge is -2.43. The van der Waals surface area contributed by atoms with Gasteiger partial charge < -0.3 is 15.5 Å². The van der Waals surface area contributed by atoms with Gasteiger partial charge in [-0.1, -0.05) is 37.3 Å². The Labute approximate surface area is 365 Å². The summed E-state index contributed by atoms with van der Waals surface area (Å²) in [6, 6.07) is 5.30. The molecule has 1 saturated heterocycles. The van der Waals surface area contributed by atoms with Crippen LogP contribution in [0.5, 0.6) is 0 Å². The fourth-order valence-electron chi connectivity index (χ4n) is 9.55. The number of rotatable bonds is 14. The molecule has 8 rings (SSSR count). The Morgan fingerprint density at radius 3 is 1.98 bits per heavy atom. The summed E-state index contributed by atoms with van der Waals surface area (Å²) in [4.78, 5) is 12.6. The molecule has 1 unspecified atom stereocenters. The number of aromatic nitrogens is 2. The highest BCUT2D eigenvalue weighted by molar-refractivity contribution is 7.93. The van der Waals surface area contributed by atoms with Crippen LogP contribution in [-0.4, -0.2) is 88.0 Å². The molecule has 0 amide bonds. The van der Waals surface area contributed by atoms with Gasteiger partial charge in [-0.25, -0.2) is 35.6 Å². The molecule has 3 aliphatic carbocycles. The maximum atomic E-state index is 16.0. The number of hydrogen-bond donors (Lipinski definition) is 4. The van der Waals surface area contributed by atoms with Gasteiger partial charge >= 0.3 is 0 Å². The van der Waals surface area contributed by atoms with Crippen molar-refractivity contribution in [2.24, 2.45) is 0 Å². The van der Waals surface area contributed by atoms with Crippen molar-refractivity contribution in [2.45, 2.75) is 130 Å². The van der Waals surface area contributed by atoms with Crippen molar-refractivity contribution in [3.63, 3.8) is 0 Å². The van der Waals surface area contributed by atoms with E-state index >= 15 is 8.78 Å². The summed E-state index contributed by atoms with van der Waals surface area (Å²) in [5.74, 6) is -1.69. The first-order valence-electron chi connectivity index (χ1n) is 20.9. The number of hydrogen-bond acceptors (Lipinski definition) is 12. The number of anilines is 4. The van der Waals surface area contributed by atoms with Crippen LogP contribution in [0, 0.1) is 18.6 Å². The van der Waals surface area contributed by atoms with E-state index in [-0.39, 0.29) is 55.8 Å². The van der Waals surface area contributed by atoms with Crippen LogP contribution >= 0.6 is 34.3 Å². The van der Waals surface area contributed by atoms with Gasteiger partial charge in [-0.15, -0.1) is 22.7 Å². The van der Waals surface area contributed by atoms with Crippen LogP contribution < -0.4 is 20.1 Å². The van der Waals surface area contributed by atoms with Crippen molar-refractivity contribution >= 4 is 76.0 Å². The summed E-state index contributed by atoms with van der Waals surface area (Å²) >= 11 is 8.94. The van der Waals surface area contributed by atoms with Crippen LogP contribution in [0.2, 0.25) is 5.02 Å². The van der Waals surface area contributed by atoms with E-state index in [1.54, 1.807) is 12.3 Å². The van der Waals surface area contributed by atoms with Crippen LogP contribution in [0.4, 0.5) is 30.4 Å². The Morgan fingerprint density at radius 2 is 1.33 bits per heavy atom. The van der Waals surface area contributed by atoms with E-state index in [0.717, 1.165) is 125 Å². The average molecular weight is 924 g/mol. The number of likely N-dealkylation sites (tertiary alicyclic amines) is 1. The molecule has 0 radical (unpaired) electrons. The van der Waals surface area contributed by atoms with Gasteiger partial charge in [0.05, 0.1) is 22.1 Å². The van der Waals surface area contributed by atoms with E-state index in [9.17, 15) is 16.8 Å². The van der Waals surface area contributed by atoms with Crippen LogP contribution in [0.15, 0.2) is 44.8 Å². The van der Waals surface area contributed by atoms with Gasteiger partial charge in [-0.2, -0.15) is 0 Å². The minimum Gasteiger partial charge on any atom is -0.380 e. The van der Waals surface area contributed by atoms with Gasteiger partial charge in [-0.3, -0.25) is 14.3 Å². The zero-order valence-corrected chi connectivity index (χ0v) is 38.0. The first kappa shape index (κ1) is 43.5. The molecular weight excluding hydrogens is 870 g/mol. The van der Waals surface area contributed by atoms with E-state index in [0.29, 0.717) is 17.4 Å². The topological polar surface area (TPSA) is 149 Å². The summed E-state index contributed by atoms with van der Waals surface area (Å²) in [7, 11) is -4.49. The van der Waals surface area contributed by atoms with Gasteiger partial charge in [0.2, 0.25) is 0 Å². The van der Waals surface area contributed by atoms with Crippen LogP contribution in [0.25, 0.3) is 0 Å². The molecule has 326 valence electrons. The third kappa shape index (κ3) is 9.30. The van der Waals surface area contributed by atoms with Gasteiger partial charge in [0.1, 0.15) is 21.4 Å². The number of halogens is 3. The SMILES string of the molecule is Cc1csc(NS(=O)(=O)c2cc(Cl)c(N[C@H]3CCCC(c4csc(NS(=O)(=O)c5cc(C6CCC6)c(N[C@H]6CCCC[C@@H]6N(C)C)cc5F)n4)[C@@H]3N3CCCC3)cc2F)n1. The second kappa shape index (κ2) is 17.9. The van der Waals surface area contributed by atoms with Crippen LogP contribution in [0.3, 0.4) is 0 Å². The molecule has 4 aromatic rings. The molecule has 1 aliphatic heterocycles. The fourth-order valence-corrected chi connectivity index (χ4v) is 14.0. The zero-order valence-electron chi connectivity index (χ0n) is 34.0. The van der Waals surface area contributed by atoms with Gasteiger partial charge in [0.15, 0.2) is 10.3 Å². The lowest BCUT2D eigenvalue weighted by Crippen LogP contribution is -2.51. The Morgan fingerprint density at radius 1 is 0.733 bits per heavy atom. The average Bonchev–Trinajstić information content (AvgIpc) is 3.96. The van der Waals surface area contributed by atoms with Crippen molar-refractivity contribution in [1.82, 2.24) is 19.8 Å². The van der Waals surface area contributed by atoms with E-state index in [1.165, 1.54) is 23.5 Å². The first-order valence-corrected chi connectivity index (χ1v) is 26.0. The van der Waals surface area contributed by atoms with Crippen molar-refractivity contribution in [3.05, 3.63) is 68.6 Å². The zero-order chi connectivity index (χ0) is 42.3. The molecule has 60 heavy (non-hydrogen) atoms. The highest BCUT2D eigenvalue weighted by Gasteiger charge is 2.41. The molecule has 0 bridgehead atoms. The molecule has 2 aromatic heterocycles. The van der Waals surface area contributed by atoms with Crippen molar-refractivity contribution < 1.29 is 25.6 Å².